The molecule has 0 aliphatic carbocycles. The molecule has 0 unspecified atom stereocenters. The number of ether oxygens (including phenoxy) is 1. The number of anilines is 2. The fourth-order valence-electron chi connectivity index (χ4n) is 1.93. The topological polar surface area (TPSA) is 75.8 Å². The molecule has 5 nitrogen and oxygen atoms in total. The third-order valence-corrected chi connectivity index (χ3v) is 2.78. The summed E-state index contributed by atoms with van der Waals surface area (Å²) in [6.45, 7) is 3.65. The van der Waals surface area contributed by atoms with E-state index in [2.05, 4.69) is 0 Å². The molecule has 0 heterocycles. The van der Waals surface area contributed by atoms with Crippen molar-refractivity contribution in [2.45, 2.75) is 19.4 Å². The van der Waals surface area contributed by atoms with E-state index in [4.69, 9.17) is 22.1 Å². The SMILES string of the molecule is COC(=O)c1cc(N)cc(Cl)c1N(C)CC(C)(C)O. The summed E-state index contributed by atoms with van der Waals surface area (Å²) in [6, 6.07) is 3.07. The molecule has 0 fully saturated rings. The average molecular weight is 287 g/mol. The summed E-state index contributed by atoms with van der Waals surface area (Å²) in [4.78, 5) is 13.5. The summed E-state index contributed by atoms with van der Waals surface area (Å²) in [5.41, 5.74) is 5.91. The van der Waals surface area contributed by atoms with Gasteiger partial charge in [0.1, 0.15) is 0 Å². The molecule has 0 saturated heterocycles. The van der Waals surface area contributed by atoms with Crippen LogP contribution in [0, 0.1) is 0 Å². The summed E-state index contributed by atoms with van der Waals surface area (Å²) >= 11 is 6.15. The summed E-state index contributed by atoms with van der Waals surface area (Å²) in [5.74, 6) is -0.521. The molecule has 19 heavy (non-hydrogen) atoms. The van der Waals surface area contributed by atoms with Crippen molar-refractivity contribution in [2.24, 2.45) is 0 Å². The van der Waals surface area contributed by atoms with E-state index in [1.165, 1.54) is 13.2 Å². The fraction of sp³-hybridized carbons (Fsp3) is 0.462. The quantitative estimate of drug-likeness (QED) is 0.653. The maximum Gasteiger partial charge on any atom is 0.340 e. The molecule has 0 atom stereocenters. The Kier molecular flexibility index (Phi) is 4.66. The van der Waals surface area contributed by atoms with Crippen molar-refractivity contribution in [3.63, 3.8) is 0 Å². The van der Waals surface area contributed by atoms with Gasteiger partial charge in [0.15, 0.2) is 0 Å². The molecule has 6 heteroatoms. The highest BCUT2D eigenvalue weighted by Crippen LogP contribution is 2.33. The lowest BCUT2D eigenvalue weighted by Crippen LogP contribution is -2.37. The number of rotatable bonds is 4. The highest BCUT2D eigenvalue weighted by atomic mass is 35.5. The van der Waals surface area contributed by atoms with E-state index in [1.807, 2.05) is 0 Å². The Labute approximate surface area is 117 Å². The van der Waals surface area contributed by atoms with Gasteiger partial charge in [0.2, 0.25) is 0 Å². The van der Waals surface area contributed by atoms with Crippen molar-refractivity contribution < 1.29 is 14.6 Å². The van der Waals surface area contributed by atoms with Crippen molar-refractivity contribution in [2.75, 3.05) is 31.3 Å². The Morgan fingerprint density at radius 3 is 2.58 bits per heavy atom. The largest absolute Gasteiger partial charge is 0.465 e. The molecular formula is C13H19ClN2O3. The number of nitrogens with zero attached hydrogens (tertiary/aromatic N) is 1. The van der Waals surface area contributed by atoms with E-state index in [0.29, 0.717) is 22.9 Å². The number of likely N-dealkylation sites (N-methyl/N-ethyl adjacent to an activating group) is 1. The van der Waals surface area contributed by atoms with E-state index in [9.17, 15) is 9.90 Å². The van der Waals surface area contributed by atoms with Gasteiger partial charge >= 0.3 is 5.97 Å². The van der Waals surface area contributed by atoms with Crippen LogP contribution in [-0.2, 0) is 4.74 Å². The fourth-order valence-corrected chi connectivity index (χ4v) is 2.31. The molecule has 0 bridgehead atoms. The zero-order valence-electron chi connectivity index (χ0n) is 11.5. The number of nitrogens with two attached hydrogens (primary N) is 1. The number of benzene rings is 1. The smallest absolute Gasteiger partial charge is 0.340 e. The Hall–Kier alpha value is -1.46. The van der Waals surface area contributed by atoms with Gasteiger partial charge in [0.25, 0.3) is 0 Å². The molecule has 0 saturated carbocycles. The van der Waals surface area contributed by atoms with Gasteiger partial charge in [-0.2, -0.15) is 0 Å². The van der Waals surface area contributed by atoms with Gasteiger partial charge in [-0.3, -0.25) is 0 Å². The van der Waals surface area contributed by atoms with Crippen LogP contribution in [0.15, 0.2) is 12.1 Å². The lowest BCUT2D eigenvalue weighted by atomic mass is 10.1. The number of methoxy groups -OCH3 is 1. The predicted octanol–water partition coefficient (Wildman–Crippen LogP) is 1.92. The van der Waals surface area contributed by atoms with Gasteiger partial charge in [-0.25, -0.2) is 4.79 Å². The zero-order chi connectivity index (χ0) is 14.8. The summed E-state index contributed by atoms with van der Waals surface area (Å²) in [7, 11) is 3.03. The Morgan fingerprint density at radius 1 is 1.53 bits per heavy atom. The molecule has 1 aromatic rings. The van der Waals surface area contributed by atoms with Crippen molar-refractivity contribution in [3.8, 4) is 0 Å². The minimum absolute atomic E-state index is 0.277. The Morgan fingerprint density at radius 2 is 2.11 bits per heavy atom. The summed E-state index contributed by atoms with van der Waals surface area (Å²) < 4.78 is 4.72. The molecule has 0 radical (unpaired) electrons. The number of aliphatic hydroxyl groups is 1. The van der Waals surface area contributed by atoms with E-state index >= 15 is 0 Å². The summed E-state index contributed by atoms with van der Waals surface area (Å²) in [6.07, 6.45) is 0. The first-order valence-corrected chi connectivity index (χ1v) is 6.14. The van der Waals surface area contributed by atoms with Gasteiger partial charge in [0, 0.05) is 19.3 Å². The minimum atomic E-state index is -0.924. The van der Waals surface area contributed by atoms with Crippen molar-refractivity contribution in [3.05, 3.63) is 22.7 Å². The maximum absolute atomic E-state index is 11.8. The highest BCUT2D eigenvalue weighted by Gasteiger charge is 2.23. The second-order valence-corrected chi connectivity index (χ2v) is 5.47. The standard InChI is InChI=1S/C13H19ClN2O3/c1-13(2,18)7-16(3)11-9(12(17)19-4)5-8(15)6-10(11)14/h5-6,18H,7,15H2,1-4H3. The van der Waals surface area contributed by atoms with Crippen molar-refractivity contribution in [1.82, 2.24) is 0 Å². The van der Waals surface area contributed by atoms with E-state index in [1.54, 1.807) is 31.9 Å². The van der Waals surface area contributed by atoms with E-state index in [0.717, 1.165) is 0 Å². The number of hydrogen-bond donors (Lipinski definition) is 2. The maximum atomic E-state index is 11.8. The number of carbonyl (C=O) groups is 1. The first-order valence-electron chi connectivity index (χ1n) is 5.76. The van der Waals surface area contributed by atoms with Crippen LogP contribution in [0.1, 0.15) is 24.2 Å². The number of nitrogen functional groups attached to an aromatic ring is 1. The monoisotopic (exact) mass is 286 g/mol. The lowest BCUT2D eigenvalue weighted by molar-refractivity contribution is 0.0599. The van der Waals surface area contributed by atoms with Crippen LogP contribution in [0.25, 0.3) is 0 Å². The normalized spacial score (nSPS) is 11.3. The molecule has 0 aliphatic heterocycles. The van der Waals surface area contributed by atoms with Gasteiger partial charge in [0.05, 0.1) is 29.0 Å². The van der Waals surface area contributed by atoms with Crippen LogP contribution in [0.5, 0.6) is 0 Å². The first-order chi connectivity index (χ1) is 8.65. The number of hydrogen-bond acceptors (Lipinski definition) is 5. The Bertz CT molecular complexity index is 484. The van der Waals surface area contributed by atoms with Crippen LogP contribution >= 0.6 is 11.6 Å². The van der Waals surface area contributed by atoms with Crippen LogP contribution < -0.4 is 10.6 Å². The minimum Gasteiger partial charge on any atom is -0.465 e. The predicted molar refractivity (Wildman–Crippen MR) is 76.8 cm³/mol. The molecule has 1 rings (SSSR count). The molecule has 0 spiro atoms. The third kappa shape index (κ3) is 4.01. The van der Waals surface area contributed by atoms with Gasteiger partial charge < -0.3 is 20.5 Å². The van der Waals surface area contributed by atoms with Gasteiger partial charge in [-0.1, -0.05) is 11.6 Å². The lowest BCUT2D eigenvalue weighted by Gasteiger charge is -2.29. The van der Waals surface area contributed by atoms with Crippen LogP contribution in [0.4, 0.5) is 11.4 Å². The van der Waals surface area contributed by atoms with Crippen molar-refractivity contribution >= 4 is 28.9 Å². The van der Waals surface area contributed by atoms with Crippen LogP contribution in [-0.4, -0.2) is 37.4 Å². The third-order valence-electron chi connectivity index (χ3n) is 2.50. The molecule has 0 amide bonds. The van der Waals surface area contributed by atoms with E-state index < -0.39 is 11.6 Å². The molecule has 0 aliphatic rings. The van der Waals surface area contributed by atoms with Gasteiger partial charge in [-0.15, -0.1) is 0 Å². The second-order valence-electron chi connectivity index (χ2n) is 5.06. The van der Waals surface area contributed by atoms with Crippen molar-refractivity contribution in [1.29, 1.82) is 0 Å². The number of esters is 1. The van der Waals surface area contributed by atoms with E-state index in [-0.39, 0.29) is 5.56 Å². The number of halogens is 1. The molecule has 106 valence electrons. The van der Waals surface area contributed by atoms with Gasteiger partial charge in [-0.05, 0) is 26.0 Å². The molecule has 3 N–H and O–H groups in total. The molecule has 0 aromatic heterocycles. The first kappa shape index (κ1) is 15.6. The Balaban J connectivity index is 3.28. The summed E-state index contributed by atoms with van der Waals surface area (Å²) in [5, 5.41) is 10.2. The highest BCUT2D eigenvalue weighted by molar-refractivity contribution is 6.34. The second kappa shape index (κ2) is 5.67. The van der Waals surface area contributed by atoms with Crippen LogP contribution in [0.3, 0.4) is 0 Å². The number of carbonyl (C=O) groups excluding carboxylic acids is 1. The zero-order valence-corrected chi connectivity index (χ0v) is 12.3. The average Bonchev–Trinajstić information content (AvgIpc) is 2.24. The molecule has 1 aromatic carbocycles. The van der Waals surface area contributed by atoms with Crippen LogP contribution in [0.2, 0.25) is 5.02 Å². The molecular weight excluding hydrogens is 268 g/mol.